The van der Waals surface area contributed by atoms with Crippen LogP contribution in [-0.2, 0) is 29.1 Å². The first-order valence-electron chi connectivity index (χ1n) is 9.98. The van der Waals surface area contributed by atoms with Gasteiger partial charge in [0.2, 0.25) is 10.0 Å². The molecule has 0 aromatic heterocycles. The van der Waals surface area contributed by atoms with Crippen LogP contribution in [0.5, 0.6) is 5.75 Å². The number of amides is 1. The third-order valence-corrected chi connectivity index (χ3v) is 5.93. The van der Waals surface area contributed by atoms with Crippen LogP contribution in [0.25, 0.3) is 0 Å². The molecule has 1 N–H and O–H groups in total. The maximum Gasteiger partial charge on any atom is 0.307 e. The van der Waals surface area contributed by atoms with Gasteiger partial charge in [0.15, 0.2) is 6.10 Å². The molecule has 1 amide bonds. The molecular weight excluding hydrogens is 412 g/mol. The third-order valence-electron chi connectivity index (χ3n) is 4.45. The van der Waals surface area contributed by atoms with Crippen molar-refractivity contribution < 1.29 is 32.2 Å². The van der Waals surface area contributed by atoms with Crippen LogP contribution in [0, 0.1) is 0 Å². The second kappa shape index (κ2) is 10.7. The lowest BCUT2D eigenvalue weighted by Crippen LogP contribution is -2.51. The van der Waals surface area contributed by atoms with Gasteiger partial charge in [-0.3, -0.25) is 9.59 Å². The van der Waals surface area contributed by atoms with E-state index in [9.17, 15) is 18.0 Å². The van der Waals surface area contributed by atoms with Crippen molar-refractivity contribution in [3.05, 3.63) is 24.3 Å². The normalized spacial score (nSPS) is 20.5. The second-order valence-electron chi connectivity index (χ2n) is 7.18. The predicted molar refractivity (Wildman–Crippen MR) is 110 cm³/mol. The largest absolute Gasteiger partial charge is 0.494 e. The van der Waals surface area contributed by atoms with Gasteiger partial charge in [-0.1, -0.05) is 0 Å². The summed E-state index contributed by atoms with van der Waals surface area (Å²) >= 11 is 0. The number of nitrogens with one attached hydrogen (secondary N) is 1. The summed E-state index contributed by atoms with van der Waals surface area (Å²) in [6.45, 7) is 8.32. The van der Waals surface area contributed by atoms with Gasteiger partial charge >= 0.3 is 5.97 Å². The van der Waals surface area contributed by atoms with Crippen LogP contribution < -0.4 is 9.46 Å². The lowest BCUT2D eigenvalue weighted by molar-refractivity contribution is -0.164. The van der Waals surface area contributed by atoms with E-state index >= 15 is 0 Å². The Bertz CT molecular complexity index is 816. The summed E-state index contributed by atoms with van der Waals surface area (Å²) in [5.41, 5.74) is 0. The summed E-state index contributed by atoms with van der Waals surface area (Å²) in [6, 6.07) is 5.98. The molecule has 0 bridgehead atoms. The maximum absolute atomic E-state index is 12.5. The SMILES string of the molecule is CCOc1ccc(S(=O)(=O)NCCC(=O)OC(C)C(=O)N2CC(C)OC(C)C2)cc1. The minimum absolute atomic E-state index is 0.0680. The molecule has 1 aliphatic heterocycles. The van der Waals surface area contributed by atoms with Crippen LogP contribution in [-0.4, -0.2) is 69.7 Å². The standard InChI is InChI=1S/C20H30N2O7S/c1-5-27-17-6-8-18(9-7-17)30(25,26)21-11-10-19(23)29-16(4)20(24)22-12-14(2)28-15(3)13-22/h6-9,14-16,21H,5,10-13H2,1-4H3. The molecular formula is C20H30N2O7S. The molecule has 0 aliphatic carbocycles. The number of hydrogen-bond acceptors (Lipinski definition) is 7. The van der Waals surface area contributed by atoms with Crippen molar-refractivity contribution in [2.75, 3.05) is 26.2 Å². The number of ether oxygens (including phenoxy) is 3. The van der Waals surface area contributed by atoms with Crippen LogP contribution in [0.1, 0.15) is 34.1 Å². The van der Waals surface area contributed by atoms with E-state index < -0.39 is 22.1 Å². The van der Waals surface area contributed by atoms with E-state index in [1.807, 2.05) is 20.8 Å². The minimum atomic E-state index is -3.76. The molecule has 1 aromatic rings. The van der Waals surface area contributed by atoms with E-state index in [-0.39, 0.29) is 36.0 Å². The van der Waals surface area contributed by atoms with Crippen molar-refractivity contribution in [2.24, 2.45) is 0 Å². The van der Waals surface area contributed by atoms with Crippen molar-refractivity contribution in [1.29, 1.82) is 0 Å². The minimum Gasteiger partial charge on any atom is -0.494 e. The van der Waals surface area contributed by atoms with Crippen LogP contribution in [0.2, 0.25) is 0 Å². The Balaban J connectivity index is 1.80. The Labute approximate surface area is 177 Å². The molecule has 0 spiro atoms. The van der Waals surface area contributed by atoms with Gasteiger partial charge in [0.1, 0.15) is 5.75 Å². The van der Waals surface area contributed by atoms with Crippen molar-refractivity contribution in [3.8, 4) is 5.75 Å². The van der Waals surface area contributed by atoms with Crippen LogP contribution in [0.15, 0.2) is 29.2 Å². The number of nitrogens with zero attached hydrogens (tertiary/aromatic N) is 1. The topological polar surface area (TPSA) is 111 Å². The van der Waals surface area contributed by atoms with Crippen LogP contribution in [0.4, 0.5) is 0 Å². The Morgan fingerprint density at radius 3 is 2.37 bits per heavy atom. The maximum atomic E-state index is 12.5. The Kier molecular flexibility index (Phi) is 8.63. The molecule has 10 heteroatoms. The Morgan fingerprint density at radius 1 is 1.20 bits per heavy atom. The zero-order chi connectivity index (χ0) is 22.3. The molecule has 0 saturated carbocycles. The van der Waals surface area contributed by atoms with Gasteiger partial charge in [-0.05, 0) is 52.0 Å². The summed E-state index contributed by atoms with van der Waals surface area (Å²) in [7, 11) is -3.76. The van der Waals surface area contributed by atoms with Crippen LogP contribution >= 0.6 is 0 Å². The predicted octanol–water partition coefficient (Wildman–Crippen LogP) is 1.32. The van der Waals surface area contributed by atoms with E-state index in [1.165, 1.54) is 19.1 Å². The van der Waals surface area contributed by atoms with Gasteiger partial charge in [-0.15, -0.1) is 0 Å². The number of hydrogen-bond donors (Lipinski definition) is 1. The average Bonchev–Trinajstić information content (AvgIpc) is 2.67. The van der Waals surface area contributed by atoms with E-state index in [2.05, 4.69) is 4.72 Å². The number of carbonyl (C=O) groups excluding carboxylic acids is 2. The highest BCUT2D eigenvalue weighted by Crippen LogP contribution is 2.16. The number of sulfonamides is 1. The smallest absolute Gasteiger partial charge is 0.307 e. The van der Waals surface area contributed by atoms with Gasteiger partial charge < -0.3 is 19.1 Å². The highest BCUT2D eigenvalue weighted by molar-refractivity contribution is 7.89. The molecule has 3 unspecified atom stereocenters. The summed E-state index contributed by atoms with van der Waals surface area (Å²) in [5.74, 6) is -0.373. The summed E-state index contributed by atoms with van der Waals surface area (Å²) in [5, 5.41) is 0. The molecule has 1 heterocycles. The zero-order valence-electron chi connectivity index (χ0n) is 17.8. The molecule has 30 heavy (non-hydrogen) atoms. The molecule has 0 radical (unpaired) electrons. The highest BCUT2D eigenvalue weighted by atomic mass is 32.2. The van der Waals surface area contributed by atoms with Crippen molar-refractivity contribution in [1.82, 2.24) is 9.62 Å². The molecule has 1 fully saturated rings. The monoisotopic (exact) mass is 442 g/mol. The van der Waals surface area contributed by atoms with Gasteiger partial charge in [0.25, 0.3) is 5.91 Å². The number of esters is 1. The second-order valence-corrected chi connectivity index (χ2v) is 8.95. The first-order chi connectivity index (χ1) is 14.1. The first kappa shape index (κ1) is 24.1. The van der Waals surface area contributed by atoms with Crippen LogP contribution in [0.3, 0.4) is 0 Å². The number of benzene rings is 1. The van der Waals surface area contributed by atoms with E-state index in [1.54, 1.807) is 17.0 Å². The summed E-state index contributed by atoms with van der Waals surface area (Å²) in [4.78, 5) is 26.2. The third kappa shape index (κ3) is 6.96. The summed E-state index contributed by atoms with van der Waals surface area (Å²) in [6.07, 6.45) is -1.31. The number of rotatable bonds is 9. The van der Waals surface area contributed by atoms with Gasteiger partial charge in [-0.25, -0.2) is 13.1 Å². The highest BCUT2D eigenvalue weighted by Gasteiger charge is 2.30. The van der Waals surface area contributed by atoms with E-state index in [4.69, 9.17) is 14.2 Å². The average molecular weight is 443 g/mol. The van der Waals surface area contributed by atoms with Gasteiger partial charge in [0, 0.05) is 19.6 Å². The molecule has 1 aliphatic rings. The zero-order valence-corrected chi connectivity index (χ0v) is 18.6. The summed E-state index contributed by atoms with van der Waals surface area (Å²) < 4.78 is 43.0. The lowest BCUT2D eigenvalue weighted by Gasteiger charge is -2.36. The lowest BCUT2D eigenvalue weighted by atomic mass is 10.2. The number of carbonyl (C=O) groups is 2. The fraction of sp³-hybridized carbons (Fsp3) is 0.600. The molecule has 1 aromatic carbocycles. The number of morpholine rings is 1. The molecule has 3 atom stereocenters. The quantitative estimate of drug-likeness (QED) is 0.574. The van der Waals surface area contributed by atoms with Gasteiger partial charge in [0.05, 0.1) is 30.1 Å². The van der Waals surface area contributed by atoms with E-state index in [0.717, 1.165) is 0 Å². The molecule has 168 valence electrons. The Hall–Kier alpha value is -2.17. The van der Waals surface area contributed by atoms with Gasteiger partial charge in [-0.2, -0.15) is 0 Å². The molecule has 9 nitrogen and oxygen atoms in total. The molecule has 2 rings (SSSR count). The van der Waals surface area contributed by atoms with Crippen molar-refractivity contribution >= 4 is 21.9 Å². The fourth-order valence-corrected chi connectivity index (χ4v) is 4.21. The van der Waals surface area contributed by atoms with Crippen molar-refractivity contribution in [3.63, 3.8) is 0 Å². The Morgan fingerprint density at radius 2 is 1.80 bits per heavy atom. The molecule has 1 saturated heterocycles. The van der Waals surface area contributed by atoms with Crippen molar-refractivity contribution in [2.45, 2.75) is 57.3 Å². The first-order valence-corrected chi connectivity index (χ1v) is 11.5. The van der Waals surface area contributed by atoms with E-state index in [0.29, 0.717) is 25.4 Å². The fourth-order valence-electron chi connectivity index (χ4n) is 3.17.